The third-order valence-electron chi connectivity index (χ3n) is 5.48. The van der Waals surface area contributed by atoms with Crippen molar-refractivity contribution in [3.05, 3.63) is 0 Å². The number of hydrogen-bond acceptors (Lipinski definition) is 4. The van der Waals surface area contributed by atoms with E-state index in [-0.39, 0.29) is 29.5 Å². The zero-order chi connectivity index (χ0) is 15.6. The van der Waals surface area contributed by atoms with Crippen LogP contribution in [-0.2, 0) is 14.6 Å². The van der Waals surface area contributed by atoms with Crippen LogP contribution in [0.3, 0.4) is 0 Å². The van der Waals surface area contributed by atoms with E-state index in [0.717, 1.165) is 38.8 Å². The first-order valence-corrected chi connectivity index (χ1v) is 10.6. The van der Waals surface area contributed by atoms with Crippen LogP contribution in [0.15, 0.2) is 0 Å². The van der Waals surface area contributed by atoms with Gasteiger partial charge in [0.15, 0.2) is 9.84 Å². The van der Waals surface area contributed by atoms with Gasteiger partial charge in [-0.15, -0.1) is 0 Å². The summed E-state index contributed by atoms with van der Waals surface area (Å²) in [5.74, 6) is 0.876. The van der Waals surface area contributed by atoms with Gasteiger partial charge >= 0.3 is 0 Å². The van der Waals surface area contributed by atoms with Gasteiger partial charge in [-0.25, -0.2) is 8.42 Å². The second-order valence-corrected chi connectivity index (χ2v) is 9.42. The average molecular weight is 328 g/mol. The summed E-state index contributed by atoms with van der Waals surface area (Å²) in [6.45, 7) is 1.93. The molecule has 1 aliphatic carbocycles. The van der Waals surface area contributed by atoms with E-state index in [2.05, 4.69) is 10.2 Å². The van der Waals surface area contributed by atoms with E-state index in [1.54, 1.807) is 0 Å². The lowest BCUT2D eigenvalue weighted by Crippen LogP contribution is -2.50. The Hall–Kier alpha value is -0.620. The second-order valence-electron chi connectivity index (χ2n) is 7.27. The highest BCUT2D eigenvalue weighted by Gasteiger charge is 2.42. The third-order valence-corrected chi connectivity index (χ3v) is 7.19. The van der Waals surface area contributed by atoms with Gasteiger partial charge in [0, 0.05) is 12.5 Å². The molecule has 1 N–H and O–H groups in total. The van der Waals surface area contributed by atoms with Crippen molar-refractivity contribution in [2.75, 3.05) is 24.6 Å². The molecule has 0 spiro atoms. The van der Waals surface area contributed by atoms with Crippen LogP contribution in [0, 0.1) is 5.92 Å². The van der Waals surface area contributed by atoms with Gasteiger partial charge in [0.25, 0.3) is 0 Å². The Balaban J connectivity index is 1.57. The second kappa shape index (κ2) is 6.87. The van der Waals surface area contributed by atoms with Crippen LogP contribution >= 0.6 is 0 Å². The van der Waals surface area contributed by atoms with Crippen LogP contribution in [0.1, 0.15) is 51.4 Å². The molecule has 6 heteroatoms. The molecule has 0 unspecified atom stereocenters. The Bertz CT molecular complexity index is 494. The van der Waals surface area contributed by atoms with E-state index in [1.165, 1.54) is 19.3 Å². The lowest BCUT2D eigenvalue weighted by Gasteiger charge is -2.29. The molecule has 0 radical (unpaired) electrons. The fourth-order valence-electron chi connectivity index (χ4n) is 4.32. The Morgan fingerprint density at radius 1 is 1.00 bits per heavy atom. The maximum absolute atomic E-state index is 12.3. The van der Waals surface area contributed by atoms with Crippen molar-refractivity contribution in [2.45, 2.75) is 63.5 Å². The van der Waals surface area contributed by atoms with Crippen LogP contribution in [0.25, 0.3) is 0 Å². The van der Waals surface area contributed by atoms with Crippen molar-refractivity contribution in [2.24, 2.45) is 5.92 Å². The minimum absolute atomic E-state index is 0.0113. The molecule has 3 rings (SSSR count). The minimum atomic E-state index is -3.02. The number of nitrogens with one attached hydrogen (secondary N) is 1. The molecule has 2 saturated heterocycles. The van der Waals surface area contributed by atoms with Gasteiger partial charge in [0.05, 0.1) is 17.5 Å². The molecular formula is C16H28N2O3S. The first kappa shape index (κ1) is 16.2. The predicted octanol–water partition coefficient (Wildman–Crippen LogP) is 1.33. The van der Waals surface area contributed by atoms with E-state index in [0.29, 0.717) is 12.3 Å². The Morgan fingerprint density at radius 2 is 1.68 bits per heavy atom. The quantitative estimate of drug-likeness (QED) is 0.845. The summed E-state index contributed by atoms with van der Waals surface area (Å²) >= 11 is 0. The molecule has 1 saturated carbocycles. The summed E-state index contributed by atoms with van der Waals surface area (Å²) in [7, 11) is -3.02. The fourth-order valence-corrected chi connectivity index (χ4v) is 6.27. The summed E-state index contributed by atoms with van der Waals surface area (Å²) in [5, 5.41) is 3.05. The fraction of sp³-hybridized carbons (Fsp3) is 0.938. The molecule has 2 aliphatic heterocycles. The van der Waals surface area contributed by atoms with E-state index in [9.17, 15) is 13.2 Å². The van der Waals surface area contributed by atoms with Crippen LogP contribution in [0.4, 0.5) is 0 Å². The first-order valence-electron chi connectivity index (χ1n) is 8.77. The summed E-state index contributed by atoms with van der Waals surface area (Å²) < 4.78 is 24.0. The predicted molar refractivity (Wildman–Crippen MR) is 86.4 cm³/mol. The van der Waals surface area contributed by atoms with Gasteiger partial charge in [-0.2, -0.15) is 0 Å². The lowest BCUT2D eigenvalue weighted by atomic mass is 9.87. The molecule has 2 heterocycles. The molecule has 1 amide bonds. The van der Waals surface area contributed by atoms with Gasteiger partial charge < -0.3 is 5.32 Å². The SMILES string of the molecule is O=C(CC1CCCCC1)N[C@@H]1CS(=O)(=O)C[C@H]1N1CCCC1. The molecule has 2 atom stereocenters. The summed E-state index contributed by atoms with van der Waals surface area (Å²) in [5.41, 5.74) is 0. The monoisotopic (exact) mass is 328 g/mol. The van der Waals surface area contributed by atoms with Crippen molar-refractivity contribution in [3.63, 3.8) is 0 Å². The van der Waals surface area contributed by atoms with Crippen molar-refractivity contribution < 1.29 is 13.2 Å². The topological polar surface area (TPSA) is 66.5 Å². The van der Waals surface area contributed by atoms with Crippen molar-refractivity contribution in [3.8, 4) is 0 Å². The molecular weight excluding hydrogens is 300 g/mol. The van der Waals surface area contributed by atoms with E-state index >= 15 is 0 Å². The maximum Gasteiger partial charge on any atom is 0.220 e. The van der Waals surface area contributed by atoms with Gasteiger partial charge in [-0.05, 0) is 44.7 Å². The number of rotatable bonds is 4. The molecule has 0 aromatic heterocycles. The van der Waals surface area contributed by atoms with Gasteiger partial charge in [-0.1, -0.05) is 19.3 Å². The van der Waals surface area contributed by atoms with Crippen LogP contribution in [0.5, 0.6) is 0 Å². The van der Waals surface area contributed by atoms with E-state index in [1.807, 2.05) is 0 Å². The number of hydrogen-bond donors (Lipinski definition) is 1. The Morgan fingerprint density at radius 3 is 2.36 bits per heavy atom. The Labute approximate surface area is 133 Å². The summed E-state index contributed by atoms with van der Waals surface area (Å²) in [6, 6.07) is -0.220. The summed E-state index contributed by atoms with van der Waals surface area (Å²) in [4.78, 5) is 14.6. The molecule has 3 fully saturated rings. The molecule has 0 bridgehead atoms. The van der Waals surface area contributed by atoms with E-state index < -0.39 is 9.84 Å². The van der Waals surface area contributed by atoms with Crippen LogP contribution in [-0.4, -0.2) is 55.9 Å². The summed E-state index contributed by atoms with van der Waals surface area (Å²) in [6.07, 6.45) is 8.88. The van der Waals surface area contributed by atoms with Crippen LogP contribution < -0.4 is 5.32 Å². The van der Waals surface area contributed by atoms with Gasteiger partial charge in [-0.3, -0.25) is 9.69 Å². The number of carbonyl (C=O) groups is 1. The molecule has 0 aromatic rings. The first-order chi connectivity index (χ1) is 10.5. The molecule has 0 aromatic carbocycles. The van der Waals surface area contributed by atoms with Crippen LogP contribution in [0.2, 0.25) is 0 Å². The molecule has 5 nitrogen and oxygen atoms in total. The van der Waals surface area contributed by atoms with Gasteiger partial charge in [0.2, 0.25) is 5.91 Å². The smallest absolute Gasteiger partial charge is 0.220 e. The number of nitrogens with zero attached hydrogens (tertiary/aromatic N) is 1. The third kappa shape index (κ3) is 4.02. The Kier molecular flexibility index (Phi) is 5.07. The highest BCUT2D eigenvalue weighted by molar-refractivity contribution is 7.91. The molecule has 126 valence electrons. The maximum atomic E-state index is 12.3. The number of sulfone groups is 1. The number of carbonyl (C=O) groups excluding carboxylic acids is 1. The van der Waals surface area contributed by atoms with Crippen molar-refractivity contribution in [1.29, 1.82) is 0 Å². The lowest BCUT2D eigenvalue weighted by molar-refractivity contribution is -0.123. The van der Waals surface area contributed by atoms with Crippen molar-refractivity contribution in [1.82, 2.24) is 10.2 Å². The van der Waals surface area contributed by atoms with Crippen molar-refractivity contribution >= 4 is 15.7 Å². The normalized spacial score (nSPS) is 33.1. The minimum Gasteiger partial charge on any atom is -0.351 e. The molecule has 3 aliphatic rings. The van der Waals surface area contributed by atoms with Gasteiger partial charge in [0.1, 0.15) is 0 Å². The zero-order valence-electron chi connectivity index (χ0n) is 13.3. The van der Waals surface area contributed by atoms with E-state index in [4.69, 9.17) is 0 Å². The zero-order valence-corrected chi connectivity index (χ0v) is 14.1. The highest BCUT2D eigenvalue weighted by atomic mass is 32.2. The standard InChI is InChI=1S/C16H28N2O3S/c19-16(10-13-6-2-1-3-7-13)17-14-11-22(20,21)12-15(14)18-8-4-5-9-18/h13-15H,1-12H2,(H,17,19)/t14-,15-/m1/s1. The number of likely N-dealkylation sites (tertiary alicyclic amines) is 1. The molecule has 22 heavy (non-hydrogen) atoms. The largest absolute Gasteiger partial charge is 0.351 e. The average Bonchev–Trinajstić information content (AvgIpc) is 3.07. The number of amides is 1. The highest BCUT2D eigenvalue weighted by Crippen LogP contribution is 2.27.